The number of halogens is 2. The van der Waals surface area contributed by atoms with Crippen molar-refractivity contribution in [3.05, 3.63) is 46.7 Å². The highest BCUT2D eigenvalue weighted by Gasteiger charge is 2.10. The van der Waals surface area contributed by atoms with Gasteiger partial charge in [0.1, 0.15) is 11.6 Å². The number of nitrogens with one attached hydrogen (secondary N) is 1. The van der Waals surface area contributed by atoms with Gasteiger partial charge in [0.25, 0.3) is 0 Å². The second kappa shape index (κ2) is 5.40. The first-order valence-corrected chi connectivity index (χ1v) is 6.33. The summed E-state index contributed by atoms with van der Waals surface area (Å²) in [7, 11) is 0. The maximum atomic E-state index is 13.8. The summed E-state index contributed by atoms with van der Waals surface area (Å²) < 4.78 is 14.4. The smallest absolute Gasteiger partial charge is 0.221 e. The molecule has 0 saturated carbocycles. The van der Waals surface area contributed by atoms with Crippen LogP contribution < -0.4 is 5.32 Å². The molecule has 0 aromatic heterocycles. The number of anilines is 1. The highest BCUT2D eigenvalue weighted by atomic mass is 79.9. The molecule has 98 valence electrons. The van der Waals surface area contributed by atoms with Crippen LogP contribution in [-0.4, -0.2) is 11.0 Å². The van der Waals surface area contributed by atoms with Crippen LogP contribution >= 0.6 is 15.9 Å². The predicted octanol–water partition coefficient (Wildman–Crippen LogP) is 3.92. The van der Waals surface area contributed by atoms with Crippen LogP contribution in [0.5, 0.6) is 5.75 Å². The highest BCUT2D eigenvalue weighted by Crippen LogP contribution is 2.36. The number of carbonyl (C=O) groups excluding carboxylic acids is 1. The van der Waals surface area contributed by atoms with E-state index in [0.29, 0.717) is 15.6 Å². The Bertz CT molecular complexity index is 643. The molecule has 2 N–H and O–H groups in total. The molecule has 0 aliphatic heterocycles. The average Bonchev–Trinajstić information content (AvgIpc) is 2.35. The van der Waals surface area contributed by atoms with E-state index in [9.17, 15) is 14.3 Å². The van der Waals surface area contributed by atoms with Crippen LogP contribution in [0.2, 0.25) is 0 Å². The standard InChI is InChI=1S/C14H11BrFNO2/c1-8(18)17-13-6-5-9(7-12(13)16)10-3-2-4-11(15)14(10)19/h2-7,19H,1H3,(H,17,18). The zero-order valence-corrected chi connectivity index (χ0v) is 11.7. The molecule has 1 amide bonds. The van der Waals surface area contributed by atoms with Crippen molar-refractivity contribution in [3.63, 3.8) is 0 Å². The third-order valence-corrected chi connectivity index (χ3v) is 3.22. The first-order valence-electron chi connectivity index (χ1n) is 5.54. The molecule has 2 aromatic rings. The van der Waals surface area contributed by atoms with Gasteiger partial charge in [-0.2, -0.15) is 0 Å². The SMILES string of the molecule is CC(=O)Nc1ccc(-c2cccc(Br)c2O)cc1F. The Labute approximate surface area is 118 Å². The number of benzene rings is 2. The van der Waals surface area contributed by atoms with Gasteiger partial charge in [0.2, 0.25) is 5.91 Å². The summed E-state index contributed by atoms with van der Waals surface area (Å²) in [5.74, 6) is -0.835. The molecule has 0 saturated heterocycles. The Morgan fingerprint density at radius 3 is 2.68 bits per heavy atom. The summed E-state index contributed by atoms with van der Waals surface area (Å²) in [5, 5.41) is 12.3. The van der Waals surface area contributed by atoms with Crippen LogP contribution in [0.3, 0.4) is 0 Å². The summed E-state index contributed by atoms with van der Waals surface area (Å²) in [5.41, 5.74) is 1.17. The molecule has 0 unspecified atom stereocenters. The lowest BCUT2D eigenvalue weighted by atomic mass is 10.0. The number of amides is 1. The summed E-state index contributed by atoms with van der Waals surface area (Å²) in [4.78, 5) is 10.9. The predicted molar refractivity (Wildman–Crippen MR) is 75.5 cm³/mol. The fourth-order valence-electron chi connectivity index (χ4n) is 1.72. The quantitative estimate of drug-likeness (QED) is 0.880. The number of phenolic OH excluding ortho intramolecular Hbond substituents is 1. The number of hydrogen-bond donors (Lipinski definition) is 2. The van der Waals surface area contributed by atoms with E-state index in [1.807, 2.05) is 0 Å². The molecule has 5 heteroatoms. The first kappa shape index (κ1) is 13.5. The van der Waals surface area contributed by atoms with Gasteiger partial charge in [0, 0.05) is 12.5 Å². The van der Waals surface area contributed by atoms with E-state index in [4.69, 9.17) is 0 Å². The van der Waals surface area contributed by atoms with Crippen molar-refractivity contribution in [1.82, 2.24) is 0 Å². The lowest BCUT2D eigenvalue weighted by molar-refractivity contribution is -0.114. The number of hydrogen-bond acceptors (Lipinski definition) is 2. The summed E-state index contributed by atoms with van der Waals surface area (Å²) in [6, 6.07) is 9.50. The van der Waals surface area contributed by atoms with E-state index in [1.54, 1.807) is 24.3 Å². The number of phenols is 1. The van der Waals surface area contributed by atoms with E-state index in [-0.39, 0.29) is 17.3 Å². The van der Waals surface area contributed by atoms with Gasteiger partial charge in [0.15, 0.2) is 0 Å². The fourth-order valence-corrected chi connectivity index (χ4v) is 2.09. The lowest BCUT2D eigenvalue weighted by Crippen LogP contribution is -2.07. The molecule has 19 heavy (non-hydrogen) atoms. The molecule has 0 aliphatic carbocycles. The van der Waals surface area contributed by atoms with Crippen LogP contribution in [0.25, 0.3) is 11.1 Å². The van der Waals surface area contributed by atoms with E-state index in [1.165, 1.54) is 19.1 Å². The van der Waals surface area contributed by atoms with E-state index in [2.05, 4.69) is 21.2 Å². The van der Waals surface area contributed by atoms with E-state index in [0.717, 1.165) is 0 Å². The van der Waals surface area contributed by atoms with Crippen molar-refractivity contribution in [3.8, 4) is 16.9 Å². The molecule has 0 atom stereocenters. The number of carbonyl (C=O) groups is 1. The van der Waals surface area contributed by atoms with Crippen molar-refractivity contribution in [2.24, 2.45) is 0 Å². The van der Waals surface area contributed by atoms with Crippen LogP contribution in [-0.2, 0) is 4.79 Å². The lowest BCUT2D eigenvalue weighted by Gasteiger charge is -2.09. The molecule has 3 nitrogen and oxygen atoms in total. The average molecular weight is 324 g/mol. The van der Waals surface area contributed by atoms with Gasteiger partial charge in [-0.15, -0.1) is 0 Å². The summed E-state index contributed by atoms with van der Waals surface area (Å²) in [6.45, 7) is 1.31. The van der Waals surface area contributed by atoms with Crippen molar-refractivity contribution >= 4 is 27.5 Å². The normalized spacial score (nSPS) is 10.3. The van der Waals surface area contributed by atoms with Crippen LogP contribution in [0.1, 0.15) is 6.92 Å². The van der Waals surface area contributed by atoms with Crippen LogP contribution in [0.15, 0.2) is 40.9 Å². The van der Waals surface area contributed by atoms with Crippen molar-refractivity contribution in [1.29, 1.82) is 0 Å². The first-order chi connectivity index (χ1) is 8.99. The zero-order chi connectivity index (χ0) is 14.0. The third-order valence-electron chi connectivity index (χ3n) is 2.58. The summed E-state index contributed by atoms with van der Waals surface area (Å²) >= 11 is 3.21. The van der Waals surface area contributed by atoms with E-state index >= 15 is 0 Å². The van der Waals surface area contributed by atoms with Gasteiger partial charge in [-0.3, -0.25) is 4.79 Å². The molecule has 2 aromatic carbocycles. The number of aromatic hydroxyl groups is 1. The van der Waals surface area contributed by atoms with Crippen molar-refractivity contribution in [2.75, 3.05) is 5.32 Å². The third kappa shape index (κ3) is 2.93. The molecular formula is C14H11BrFNO2. The van der Waals surface area contributed by atoms with Gasteiger partial charge >= 0.3 is 0 Å². The Hall–Kier alpha value is -1.88. The number of rotatable bonds is 2. The Kier molecular flexibility index (Phi) is 3.85. The van der Waals surface area contributed by atoms with Crippen molar-refractivity contribution in [2.45, 2.75) is 6.92 Å². The highest BCUT2D eigenvalue weighted by molar-refractivity contribution is 9.10. The minimum atomic E-state index is -0.549. The minimum absolute atomic E-state index is 0.0502. The second-order valence-electron chi connectivity index (χ2n) is 4.01. The molecule has 0 aliphatic rings. The van der Waals surface area contributed by atoms with E-state index < -0.39 is 5.82 Å². The Morgan fingerprint density at radius 2 is 2.05 bits per heavy atom. The Morgan fingerprint density at radius 1 is 1.32 bits per heavy atom. The Balaban J connectivity index is 2.44. The van der Waals surface area contributed by atoms with Gasteiger partial charge in [-0.1, -0.05) is 18.2 Å². The van der Waals surface area contributed by atoms with Gasteiger partial charge in [-0.05, 0) is 39.7 Å². The number of para-hydroxylation sites is 1. The maximum Gasteiger partial charge on any atom is 0.221 e. The maximum absolute atomic E-state index is 13.8. The zero-order valence-electron chi connectivity index (χ0n) is 10.1. The molecule has 0 bridgehead atoms. The molecule has 0 fully saturated rings. The monoisotopic (exact) mass is 323 g/mol. The summed E-state index contributed by atoms with van der Waals surface area (Å²) in [6.07, 6.45) is 0. The molecule has 0 radical (unpaired) electrons. The second-order valence-corrected chi connectivity index (χ2v) is 4.87. The molecular weight excluding hydrogens is 313 g/mol. The molecule has 0 heterocycles. The molecule has 2 rings (SSSR count). The van der Waals surface area contributed by atoms with Gasteiger partial charge in [0.05, 0.1) is 10.2 Å². The van der Waals surface area contributed by atoms with Crippen LogP contribution in [0.4, 0.5) is 10.1 Å². The fraction of sp³-hybridized carbons (Fsp3) is 0.0714. The van der Waals surface area contributed by atoms with Gasteiger partial charge < -0.3 is 10.4 Å². The van der Waals surface area contributed by atoms with Crippen LogP contribution in [0, 0.1) is 5.82 Å². The topological polar surface area (TPSA) is 49.3 Å². The largest absolute Gasteiger partial charge is 0.506 e. The van der Waals surface area contributed by atoms with Gasteiger partial charge in [-0.25, -0.2) is 4.39 Å². The molecule has 0 spiro atoms. The minimum Gasteiger partial charge on any atom is -0.506 e. The van der Waals surface area contributed by atoms with Crippen molar-refractivity contribution < 1.29 is 14.3 Å².